The third kappa shape index (κ3) is 4.77. The minimum absolute atomic E-state index is 0.0800. The summed E-state index contributed by atoms with van der Waals surface area (Å²) in [5, 5.41) is 11.9. The number of benzene rings is 1. The summed E-state index contributed by atoms with van der Waals surface area (Å²) < 4.78 is 5.69. The van der Waals surface area contributed by atoms with Crippen LogP contribution in [0.2, 0.25) is 5.02 Å². The predicted molar refractivity (Wildman–Crippen MR) is 79.2 cm³/mol. The van der Waals surface area contributed by atoms with Crippen molar-refractivity contribution in [3.8, 4) is 0 Å². The molecule has 0 aliphatic carbocycles. The van der Waals surface area contributed by atoms with Gasteiger partial charge in [-0.2, -0.15) is 0 Å². The van der Waals surface area contributed by atoms with E-state index in [-0.39, 0.29) is 18.6 Å². The van der Waals surface area contributed by atoms with Crippen LogP contribution in [0.4, 0.5) is 0 Å². The van der Waals surface area contributed by atoms with E-state index in [0.29, 0.717) is 9.50 Å². The Bertz CT molecular complexity index is 523. The zero-order valence-electron chi connectivity index (χ0n) is 11.1. The molecule has 1 aromatic carbocycles. The van der Waals surface area contributed by atoms with Gasteiger partial charge in [0.05, 0.1) is 29.2 Å². The fourth-order valence-corrected chi connectivity index (χ4v) is 2.36. The molecule has 1 amide bonds. The minimum atomic E-state index is -1.02. The largest absolute Gasteiger partial charge is 0.481 e. The molecule has 20 heavy (non-hydrogen) atoms. The van der Waals surface area contributed by atoms with Gasteiger partial charge < -0.3 is 15.2 Å². The van der Waals surface area contributed by atoms with E-state index in [1.54, 1.807) is 25.1 Å². The molecule has 0 bridgehead atoms. The molecule has 0 aliphatic rings. The lowest BCUT2D eigenvalue weighted by atomic mass is 9.98. The number of amides is 1. The number of carboxylic acids is 1. The predicted octanol–water partition coefficient (Wildman–Crippen LogP) is 2.71. The molecule has 1 unspecified atom stereocenters. The Morgan fingerprint density at radius 3 is 2.70 bits per heavy atom. The van der Waals surface area contributed by atoms with E-state index in [2.05, 4.69) is 21.2 Å². The highest BCUT2D eigenvalue weighted by Gasteiger charge is 2.30. The van der Waals surface area contributed by atoms with Crippen molar-refractivity contribution in [3.63, 3.8) is 0 Å². The monoisotopic (exact) mass is 363 g/mol. The molecule has 0 radical (unpaired) electrons. The van der Waals surface area contributed by atoms with Crippen molar-refractivity contribution in [2.45, 2.75) is 18.9 Å². The molecule has 110 valence electrons. The number of halogens is 2. The lowest BCUT2D eigenvalue weighted by Gasteiger charge is -2.28. The summed E-state index contributed by atoms with van der Waals surface area (Å²) >= 11 is 9.23. The van der Waals surface area contributed by atoms with Crippen LogP contribution in [-0.4, -0.2) is 36.2 Å². The van der Waals surface area contributed by atoms with Crippen molar-refractivity contribution in [2.24, 2.45) is 0 Å². The first-order valence-electron chi connectivity index (χ1n) is 5.76. The van der Waals surface area contributed by atoms with Gasteiger partial charge in [-0.05, 0) is 25.1 Å². The molecule has 0 spiro atoms. The Hall–Kier alpha value is -1.11. The Balaban J connectivity index is 2.95. The van der Waals surface area contributed by atoms with Gasteiger partial charge in [-0.15, -0.1) is 0 Å². The zero-order valence-corrected chi connectivity index (χ0v) is 13.4. The third-order valence-corrected chi connectivity index (χ3v) is 3.42. The van der Waals surface area contributed by atoms with E-state index in [9.17, 15) is 9.59 Å². The summed E-state index contributed by atoms with van der Waals surface area (Å²) in [7, 11) is 1.44. The van der Waals surface area contributed by atoms with E-state index < -0.39 is 17.4 Å². The zero-order chi connectivity index (χ0) is 15.3. The lowest BCUT2D eigenvalue weighted by Crippen LogP contribution is -2.50. The summed E-state index contributed by atoms with van der Waals surface area (Å²) in [6, 6.07) is 4.88. The number of hydrogen-bond acceptors (Lipinski definition) is 3. The number of methoxy groups -OCH3 is 1. The first kappa shape index (κ1) is 16.9. The number of hydrogen-bond donors (Lipinski definition) is 2. The highest BCUT2D eigenvalue weighted by atomic mass is 79.9. The first-order chi connectivity index (χ1) is 9.27. The van der Waals surface area contributed by atoms with Crippen LogP contribution in [0, 0.1) is 0 Å². The lowest BCUT2D eigenvalue weighted by molar-refractivity contribution is -0.139. The van der Waals surface area contributed by atoms with Crippen molar-refractivity contribution >= 4 is 39.4 Å². The van der Waals surface area contributed by atoms with Crippen LogP contribution < -0.4 is 5.32 Å². The fourth-order valence-electron chi connectivity index (χ4n) is 1.80. The van der Waals surface area contributed by atoms with Gasteiger partial charge in [0, 0.05) is 11.6 Å². The average molecular weight is 365 g/mol. The van der Waals surface area contributed by atoms with Crippen molar-refractivity contribution in [1.29, 1.82) is 0 Å². The molecule has 7 heteroatoms. The number of rotatable bonds is 6. The molecule has 0 saturated carbocycles. The molecule has 1 rings (SSSR count). The van der Waals surface area contributed by atoms with Crippen molar-refractivity contribution in [1.82, 2.24) is 5.32 Å². The van der Waals surface area contributed by atoms with Gasteiger partial charge in [0.25, 0.3) is 5.91 Å². The number of nitrogens with one attached hydrogen (secondary N) is 1. The second-order valence-corrected chi connectivity index (χ2v) is 5.97. The van der Waals surface area contributed by atoms with Gasteiger partial charge in [0.15, 0.2) is 0 Å². The van der Waals surface area contributed by atoms with Crippen molar-refractivity contribution in [2.75, 3.05) is 13.7 Å². The summed E-state index contributed by atoms with van der Waals surface area (Å²) in [6.07, 6.45) is -0.252. The molecular weight excluding hydrogens is 350 g/mol. The SMILES string of the molecule is COCC(C)(CC(=O)O)NC(=O)c1cc(Br)ccc1Cl. The van der Waals surface area contributed by atoms with E-state index in [4.69, 9.17) is 21.4 Å². The van der Waals surface area contributed by atoms with Crippen LogP contribution in [0.25, 0.3) is 0 Å². The Kier molecular flexibility index (Phi) is 5.98. The van der Waals surface area contributed by atoms with Gasteiger partial charge >= 0.3 is 5.97 Å². The van der Waals surface area contributed by atoms with Crippen molar-refractivity contribution < 1.29 is 19.4 Å². The number of aliphatic carboxylic acids is 1. The van der Waals surface area contributed by atoms with E-state index in [0.717, 1.165) is 0 Å². The van der Waals surface area contributed by atoms with E-state index >= 15 is 0 Å². The number of carboxylic acid groups (broad SMARTS) is 1. The molecule has 1 aromatic rings. The number of ether oxygens (including phenoxy) is 1. The molecule has 0 aromatic heterocycles. The van der Waals surface area contributed by atoms with Crippen LogP contribution in [0.15, 0.2) is 22.7 Å². The van der Waals surface area contributed by atoms with Crippen LogP contribution in [0.3, 0.4) is 0 Å². The maximum Gasteiger partial charge on any atom is 0.305 e. The molecule has 5 nitrogen and oxygen atoms in total. The van der Waals surface area contributed by atoms with E-state index in [1.807, 2.05) is 0 Å². The Labute approximate surface area is 130 Å². The van der Waals surface area contributed by atoms with Gasteiger partial charge in [0.2, 0.25) is 0 Å². The normalized spacial score (nSPS) is 13.6. The molecule has 0 fully saturated rings. The Morgan fingerprint density at radius 1 is 1.50 bits per heavy atom. The molecule has 1 atom stereocenters. The quantitative estimate of drug-likeness (QED) is 0.814. The standard InChI is InChI=1S/C13H15BrClNO4/c1-13(7-20-2,6-11(17)18)16-12(19)9-5-8(14)3-4-10(9)15/h3-5H,6-7H2,1-2H3,(H,16,19)(H,17,18). The molecule has 0 heterocycles. The maximum absolute atomic E-state index is 12.2. The highest BCUT2D eigenvalue weighted by Crippen LogP contribution is 2.22. The second kappa shape index (κ2) is 7.06. The molecule has 2 N–H and O–H groups in total. The summed E-state index contributed by atoms with van der Waals surface area (Å²) in [4.78, 5) is 23.1. The van der Waals surface area contributed by atoms with Gasteiger partial charge in [-0.3, -0.25) is 9.59 Å². The van der Waals surface area contributed by atoms with Crippen LogP contribution in [-0.2, 0) is 9.53 Å². The maximum atomic E-state index is 12.2. The first-order valence-corrected chi connectivity index (χ1v) is 6.93. The molecule has 0 aliphatic heterocycles. The smallest absolute Gasteiger partial charge is 0.305 e. The highest BCUT2D eigenvalue weighted by molar-refractivity contribution is 9.10. The number of carbonyl (C=O) groups is 2. The number of carbonyl (C=O) groups excluding carboxylic acids is 1. The topological polar surface area (TPSA) is 75.6 Å². The summed E-state index contributed by atoms with van der Waals surface area (Å²) in [5.41, 5.74) is -0.739. The Morgan fingerprint density at radius 2 is 2.15 bits per heavy atom. The fraction of sp³-hybridized carbons (Fsp3) is 0.385. The van der Waals surface area contributed by atoms with Gasteiger partial charge in [-0.1, -0.05) is 27.5 Å². The van der Waals surface area contributed by atoms with Crippen LogP contribution >= 0.6 is 27.5 Å². The minimum Gasteiger partial charge on any atom is -0.481 e. The molecule has 0 saturated heterocycles. The summed E-state index contributed by atoms with van der Waals surface area (Å²) in [6.45, 7) is 1.69. The third-order valence-electron chi connectivity index (χ3n) is 2.59. The van der Waals surface area contributed by atoms with Crippen molar-refractivity contribution in [3.05, 3.63) is 33.3 Å². The van der Waals surface area contributed by atoms with E-state index in [1.165, 1.54) is 7.11 Å². The average Bonchev–Trinajstić information content (AvgIpc) is 2.30. The second-order valence-electron chi connectivity index (χ2n) is 4.64. The van der Waals surface area contributed by atoms with Gasteiger partial charge in [0.1, 0.15) is 0 Å². The molecular formula is C13H15BrClNO4. The van der Waals surface area contributed by atoms with Crippen LogP contribution in [0.5, 0.6) is 0 Å². The summed E-state index contributed by atoms with van der Waals surface area (Å²) in [5.74, 6) is -1.47. The van der Waals surface area contributed by atoms with Gasteiger partial charge in [-0.25, -0.2) is 0 Å². The van der Waals surface area contributed by atoms with Crippen LogP contribution in [0.1, 0.15) is 23.7 Å².